The van der Waals surface area contributed by atoms with Crippen LogP contribution in [0.5, 0.6) is 0 Å². The van der Waals surface area contributed by atoms with Gasteiger partial charge in [-0.2, -0.15) is 0 Å². The Bertz CT molecular complexity index is 1090. The number of nitrogens with zero attached hydrogens (tertiary/aromatic N) is 1. The molecule has 0 bridgehead atoms. The first-order valence-corrected chi connectivity index (χ1v) is 13.1. The molecule has 3 aliphatic rings. The molecule has 2 aromatic carbocycles. The Morgan fingerprint density at radius 2 is 1.94 bits per heavy atom. The molecule has 2 fully saturated rings. The molecule has 4 atom stereocenters. The Kier molecular flexibility index (Phi) is 6.97. The third-order valence-corrected chi connectivity index (χ3v) is 8.23. The molecular formula is C26H29ClN4O2S. The number of thioether (sulfide) groups is 1. The summed E-state index contributed by atoms with van der Waals surface area (Å²) in [6.07, 6.45) is 1.48. The maximum Gasteiger partial charge on any atom is 0.237 e. The van der Waals surface area contributed by atoms with Crippen LogP contribution in [0.2, 0.25) is 5.02 Å². The summed E-state index contributed by atoms with van der Waals surface area (Å²) in [6, 6.07) is 15.9. The van der Waals surface area contributed by atoms with E-state index in [9.17, 15) is 9.59 Å². The number of hydrogen-bond donors (Lipinski definition) is 3. The fraction of sp³-hybridized carbons (Fsp3) is 0.385. The Labute approximate surface area is 209 Å². The van der Waals surface area contributed by atoms with Gasteiger partial charge in [0.1, 0.15) is 11.5 Å². The van der Waals surface area contributed by atoms with Crippen LogP contribution in [0, 0.1) is 12.8 Å². The van der Waals surface area contributed by atoms with E-state index in [1.165, 1.54) is 5.56 Å². The zero-order chi connectivity index (χ0) is 23.7. The van der Waals surface area contributed by atoms with Crippen molar-refractivity contribution in [2.75, 3.05) is 13.1 Å². The predicted molar refractivity (Wildman–Crippen MR) is 137 cm³/mol. The van der Waals surface area contributed by atoms with Crippen LogP contribution in [-0.2, 0) is 16.1 Å². The number of carbonyl (C=O) groups excluding carboxylic acids is 2. The molecule has 6 nitrogen and oxygen atoms in total. The van der Waals surface area contributed by atoms with Crippen molar-refractivity contribution in [2.45, 2.75) is 43.9 Å². The molecule has 0 aliphatic carbocycles. The summed E-state index contributed by atoms with van der Waals surface area (Å²) in [5, 5.41) is 12.5. The van der Waals surface area contributed by atoms with Crippen LogP contribution in [0.4, 0.5) is 0 Å². The van der Waals surface area contributed by atoms with Gasteiger partial charge in [0, 0.05) is 24.7 Å². The zero-order valence-electron chi connectivity index (χ0n) is 19.1. The summed E-state index contributed by atoms with van der Waals surface area (Å²) in [5.41, 5.74) is 4.54. The molecule has 0 radical (unpaired) electrons. The van der Waals surface area contributed by atoms with E-state index in [0.29, 0.717) is 18.1 Å². The van der Waals surface area contributed by atoms with E-state index in [1.807, 2.05) is 24.3 Å². The minimum Gasteiger partial charge on any atom is -0.352 e. The summed E-state index contributed by atoms with van der Waals surface area (Å²) in [7, 11) is 0. The number of rotatable bonds is 5. The second-order valence-electron chi connectivity index (χ2n) is 9.23. The quantitative estimate of drug-likeness (QED) is 0.591. The van der Waals surface area contributed by atoms with Crippen LogP contribution in [0.1, 0.15) is 29.5 Å². The van der Waals surface area contributed by atoms with Gasteiger partial charge in [-0.1, -0.05) is 53.6 Å². The van der Waals surface area contributed by atoms with Crippen molar-refractivity contribution in [3.8, 4) is 0 Å². The highest BCUT2D eigenvalue weighted by Crippen LogP contribution is 2.38. The van der Waals surface area contributed by atoms with E-state index in [4.69, 9.17) is 11.6 Å². The Balaban J connectivity index is 1.22. The average Bonchev–Trinajstić information content (AvgIpc) is 3.29. The van der Waals surface area contributed by atoms with Crippen molar-refractivity contribution in [3.05, 3.63) is 75.7 Å². The highest BCUT2D eigenvalue weighted by atomic mass is 35.5. The van der Waals surface area contributed by atoms with E-state index < -0.39 is 0 Å². The first-order chi connectivity index (χ1) is 16.5. The predicted octanol–water partition coefficient (Wildman–Crippen LogP) is 3.50. The lowest BCUT2D eigenvalue weighted by Crippen LogP contribution is -2.69. The highest BCUT2D eigenvalue weighted by Gasteiger charge is 2.44. The van der Waals surface area contributed by atoms with Gasteiger partial charge in [-0.3, -0.25) is 19.8 Å². The number of halogens is 1. The number of nitrogens with one attached hydrogen (secondary N) is 3. The number of carbonyl (C=O) groups is 2. The largest absolute Gasteiger partial charge is 0.352 e. The lowest BCUT2D eigenvalue weighted by Gasteiger charge is -2.43. The summed E-state index contributed by atoms with van der Waals surface area (Å²) < 4.78 is 0. The minimum absolute atomic E-state index is 0.0476. The molecular weight excluding hydrogens is 468 g/mol. The molecule has 0 spiro atoms. The summed E-state index contributed by atoms with van der Waals surface area (Å²) in [4.78, 5) is 28.0. The van der Waals surface area contributed by atoms with Crippen LogP contribution < -0.4 is 16.0 Å². The molecule has 178 valence electrons. The Morgan fingerprint density at radius 1 is 1.18 bits per heavy atom. The molecule has 8 heteroatoms. The first kappa shape index (κ1) is 23.4. The smallest absolute Gasteiger partial charge is 0.237 e. The summed E-state index contributed by atoms with van der Waals surface area (Å²) in [5.74, 6) is -0.00899. The molecule has 2 saturated heterocycles. The molecule has 2 aromatic rings. The van der Waals surface area contributed by atoms with E-state index in [1.54, 1.807) is 11.8 Å². The maximum absolute atomic E-state index is 12.9. The summed E-state index contributed by atoms with van der Waals surface area (Å²) in [6.45, 7) is 4.01. The lowest BCUT2D eigenvalue weighted by atomic mass is 9.94. The van der Waals surface area contributed by atoms with Crippen molar-refractivity contribution >= 4 is 40.8 Å². The number of piperidine rings is 1. The van der Waals surface area contributed by atoms with E-state index in [-0.39, 0.29) is 35.3 Å². The van der Waals surface area contributed by atoms with Gasteiger partial charge in [0.25, 0.3) is 0 Å². The highest BCUT2D eigenvalue weighted by molar-refractivity contribution is 8.04. The molecule has 0 saturated carbocycles. The Morgan fingerprint density at radius 3 is 2.71 bits per heavy atom. The molecule has 0 aromatic heterocycles. The molecule has 3 N–H and O–H groups in total. The lowest BCUT2D eigenvalue weighted by molar-refractivity contribution is -0.129. The van der Waals surface area contributed by atoms with Gasteiger partial charge in [0.05, 0.1) is 12.0 Å². The number of likely N-dealkylation sites (tertiary alicyclic amines) is 1. The van der Waals surface area contributed by atoms with E-state index in [2.05, 4.69) is 57.4 Å². The van der Waals surface area contributed by atoms with Crippen molar-refractivity contribution < 1.29 is 9.59 Å². The first-order valence-electron chi connectivity index (χ1n) is 11.7. The van der Waals surface area contributed by atoms with Crippen LogP contribution in [0.3, 0.4) is 0 Å². The maximum atomic E-state index is 12.9. The number of amides is 2. The van der Waals surface area contributed by atoms with Crippen LogP contribution in [0.25, 0.3) is 5.57 Å². The van der Waals surface area contributed by atoms with Crippen LogP contribution in [-0.4, -0.2) is 47.4 Å². The van der Waals surface area contributed by atoms with Crippen LogP contribution >= 0.6 is 23.4 Å². The van der Waals surface area contributed by atoms with Crippen molar-refractivity contribution in [1.82, 2.24) is 20.9 Å². The molecule has 5 rings (SSSR count). The van der Waals surface area contributed by atoms with Crippen LogP contribution in [0.15, 0.2) is 53.9 Å². The second-order valence-corrected chi connectivity index (χ2v) is 10.7. The number of benzene rings is 2. The van der Waals surface area contributed by atoms with Crippen molar-refractivity contribution in [1.29, 1.82) is 0 Å². The summed E-state index contributed by atoms with van der Waals surface area (Å²) >= 11 is 7.52. The third-order valence-electron chi connectivity index (χ3n) is 6.81. The molecule has 34 heavy (non-hydrogen) atoms. The van der Waals surface area contributed by atoms with Gasteiger partial charge in [-0.05, 0) is 54.0 Å². The molecule has 2 amide bonds. The molecule has 3 heterocycles. The van der Waals surface area contributed by atoms with Gasteiger partial charge in [-0.15, -0.1) is 11.8 Å². The zero-order valence-corrected chi connectivity index (χ0v) is 20.7. The SMILES string of the molecule is Cc1ccc(C2=CSC3C(=O)NC(N4CCCC(C(=O)NCc5ccc(Cl)cc5)C4)NC23)cc1. The van der Waals surface area contributed by atoms with Crippen molar-refractivity contribution in [2.24, 2.45) is 5.92 Å². The standard InChI is InChI=1S/C26H29ClN4O2S/c1-16-4-8-18(9-5-16)21-15-34-23-22(21)29-26(30-25(23)33)31-12-2-3-19(14-31)24(32)28-13-17-6-10-20(27)11-7-17/h4-11,15,19,22-23,26,29H,2-3,12-14H2,1H3,(H,28,32)(H,30,33). The van der Waals surface area contributed by atoms with E-state index in [0.717, 1.165) is 36.1 Å². The van der Waals surface area contributed by atoms with Gasteiger partial charge in [0.15, 0.2) is 0 Å². The number of aryl methyl sites for hydroxylation is 1. The molecule has 4 unspecified atom stereocenters. The normalized spacial score (nSPS) is 27.0. The number of fused-ring (bicyclic) bond motifs is 1. The fourth-order valence-electron chi connectivity index (χ4n) is 4.86. The monoisotopic (exact) mass is 496 g/mol. The average molecular weight is 497 g/mol. The van der Waals surface area contributed by atoms with E-state index >= 15 is 0 Å². The van der Waals surface area contributed by atoms with Gasteiger partial charge in [0.2, 0.25) is 11.8 Å². The van der Waals surface area contributed by atoms with Gasteiger partial charge in [-0.25, -0.2) is 0 Å². The fourth-order valence-corrected chi connectivity index (χ4v) is 6.14. The van der Waals surface area contributed by atoms with Gasteiger partial charge >= 0.3 is 0 Å². The Hall–Kier alpha value is -2.32. The topological polar surface area (TPSA) is 73.5 Å². The van der Waals surface area contributed by atoms with Crippen molar-refractivity contribution in [3.63, 3.8) is 0 Å². The third kappa shape index (κ3) is 5.03. The number of hydrogen-bond acceptors (Lipinski definition) is 5. The van der Waals surface area contributed by atoms with Gasteiger partial charge < -0.3 is 10.6 Å². The second kappa shape index (κ2) is 10.1. The molecule has 3 aliphatic heterocycles. The minimum atomic E-state index is -0.284.